The molecule has 0 amide bonds. The van der Waals surface area contributed by atoms with Crippen LogP contribution in [0.1, 0.15) is 32.1 Å². The van der Waals surface area contributed by atoms with Crippen molar-refractivity contribution in [1.82, 2.24) is 0 Å². The van der Waals surface area contributed by atoms with Gasteiger partial charge in [-0.1, -0.05) is 19.3 Å². The van der Waals surface area contributed by atoms with E-state index >= 15 is 0 Å². The molecule has 0 atom stereocenters. The van der Waals surface area contributed by atoms with E-state index in [4.69, 9.17) is 9.47 Å². The van der Waals surface area contributed by atoms with Crippen molar-refractivity contribution in [2.75, 3.05) is 6.61 Å². The van der Waals surface area contributed by atoms with Crippen LogP contribution in [0.2, 0.25) is 0 Å². The molecule has 0 unspecified atom stereocenters. The minimum absolute atomic E-state index is 0.223. The molecular formula is C13H16O4. The Balaban J connectivity index is 2.07. The highest BCUT2D eigenvalue weighted by atomic mass is 16.5. The molecule has 1 fully saturated rings. The van der Waals surface area contributed by atoms with Gasteiger partial charge < -0.3 is 9.47 Å². The monoisotopic (exact) mass is 236 g/mol. The third-order valence-corrected chi connectivity index (χ3v) is 3.19. The number of carbonyl (C=O) groups is 2. The maximum absolute atomic E-state index is 11.2. The minimum Gasteiger partial charge on any atom is -0.458 e. The first-order chi connectivity index (χ1) is 8.25. The Morgan fingerprint density at radius 3 is 2.47 bits per heavy atom. The third kappa shape index (κ3) is 3.44. The summed E-state index contributed by atoms with van der Waals surface area (Å²) >= 11 is 0. The number of hydrogen-bond acceptors (Lipinski definition) is 4. The molecule has 0 saturated heterocycles. The van der Waals surface area contributed by atoms with E-state index in [9.17, 15) is 9.59 Å². The molecule has 1 heterocycles. The second-order valence-corrected chi connectivity index (χ2v) is 4.41. The first-order valence-corrected chi connectivity index (χ1v) is 6.00. The topological polar surface area (TPSA) is 52.6 Å². The molecule has 92 valence electrons. The second kappa shape index (κ2) is 5.66. The molecular weight excluding hydrogens is 220 g/mol. The van der Waals surface area contributed by atoms with Crippen molar-refractivity contribution in [3.05, 3.63) is 24.0 Å². The van der Waals surface area contributed by atoms with Gasteiger partial charge in [0.25, 0.3) is 0 Å². The van der Waals surface area contributed by atoms with Crippen molar-refractivity contribution in [3.8, 4) is 0 Å². The second-order valence-electron chi connectivity index (χ2n) is 4.41. The van der Waals surface area contributed by atoms with Crippen LogP contribution < -0.4 is 0 Å². The average Bonchev–Trinajstić information content (AvgIpc) is 2.44. The molecule has 1 aliphatic heterocycles. The molecule has 0 spiro atoms. The maximum atomic E-state index is 11.2. The molecule has 0 aromatic carbocycles. The predicted molar refractivity (Wildman–Crippen MR) is 60.8 cm³/mol. The quantitative estimate of drug-likeness (QED) is 0.654. The van der Waals surface area contributed by atoms with Crippen LogP contribution in [0.15, 0.2) is 24.0 Å². The summed E-state index contributed by atoms with van der Waals surface area (Å²) in [5.74, 6) is -0.648. The van der Waals surface area contributed by atoms with Crippen LogP contribution >= 0.6 is 0 Å². The van der Waals surface area contributed by atoms with Crippen molar-refractivity contribution in [3.63, 3.8) is 0 Å². The van der Waals surface area contributed by atoms with E-state index in [1.54, 1.807) is 0 Å². The van der Waals surface area contributed by atoms with Gasteiger partial charge in [-0.2, -0.15) is 0 Å². The van der Waals surface area contributed by atoms with Crippen molar-refractivity contribution in [2.24, 2.45) is 5.92 Å². The van der Waals surface area contributed by atoms with Gasteiger partial charge in [0.15, 0.2) is 0 Å². The van der Waals surface area contributed by atoms with Gasteiger partial charge in [0.1, 0.15) is 6.61 Å². The highest BCUT2D eigenvalue weighted by Crippen LogP contribution is 2.30. The SMILES string of the molecule is O=C1/C=C\C(=O)OC/C(C2CCCCC2)=C\O1. The summed E-state index contributed by atoms with van der Waals surface area (Å²) in [5, 5.41) is 0. The van der Waals surface area contributed by atoms with Crippen LogP contribution in [0.25, 0.3) is 0 Å². The van der Waals surface area contributed by atoms with E-state index in [-0.39, 0.29) is 6.61 Å². The molecule has 4 nitrogen and oxygen atoms in total. The lowest BCUT2D eigenvalue weighted by Gasteiger charge is -2.23. The van der Waals surface area contributed by atoms with Gasteiger partial charge in [0.05, 0.1) is 6.26 Å². The van der Waals surface area contributed by atoms with E-state index in [1.165, 1.54) is 25.5 Å². The van der Waals surface area contributed by atoms with E-state index in [0.29, 0.717) is 5.92 Å². The number of ether oxygens (including phenoxy) is 2. The zero-order valence-electron chi connectivity index (χ0n) is 9.69. The predicted octanol–water partition coefficient (Wildman–Crippen LogP) is 2.11. The Morgan fingerprint density at radius 1 is 1.00 bits per heavy atom. The maximum Gasteiger partial charge on any atom is 0.335 e. The number of hydrogen-bond donors (Lipinski definition) is 0. The highest BCUT2D eigenvalue weighted by molar-refractivity contribution is 5.92. The molecule has 0 aromatic heterocycles. The fourth-order valence-corrected chi connectivity index (χ4v) is 2.23. The van der Waals surface area contributed by atoms with Crippen LogP contribution in [0, 0.1) is 5.92 Å². The van der Waals surface area contributed by atoms with E-state index in [1.807, 2.05) is 0 Å². The molecule has 2 aliphatic rings. The van der Waals surface area contributed by atoms with Crippen molar-refractivity contribution < 1.29 is 19.1 Å². The summed E-state index contributed by atoms with van der Waals surface area (Å²) in [6, 6.07) is 0. The lowest BCUT2D eigenvalue weighted by atomic mass is 9.84. The Kier molecular flexibility index (Phi) is 3.96. The molecule has 0 N–H and O–H groups in total. The standard InChI is InChI=1S/C13H16O4/c14-12-6-7-13(15)17-9-11(8-16-12)10-4-2-1-3-5-10/h6-8,10H,1-5,9H2/b7-6-,11-8+. The number of rotatable bonds is 1. The summed E-state index contributed by atoms with van der Waals surface area (Å²) < 4.78 is 10.0. The zero-order chi connectivity index (χ0) is 12.1. The normalized spacial score (nSPS) is 27.9. The molecule has 0 aromatic rings. The molecule has 4 heteroatoms. The molecule has 0 bridgehead atoms. The van der Waals surface area contributed by atoms with Crippen LogP contribution in [0.5, 0.6) is 0 Å². The van der Waals surface area contributed by atoms with E-state index in [2.05, 4.69) is 0 Å². The first kappa shape index (κ1) is 11.9. The van der Waals surface area contributed by atoms with Gasteiger partial charge in [-0.3, -0.25) is 0 Å². The van der Waals surface area contributed by atoms with E-state index in [0.717, 1.165) is 30.6 Å². The molecule has 17 heavy (non-hydrogen) atoms. The Morgan fingerprint density at radius 2 is 1.71 bits per heavy atom. The fraction of sp³-hybridized carbons (Fsp3) is 0.538. The summed E-state index contributed by atoms with van der Waals surface area (Å²) in [6.07, 6.45) is 9.42. The Hall–Kier alpha value is -1.58. The lowest BCUT2D eigenvalue weighted by molar-refractivity contribution is -0.137. The molecule has 0 radical (unpaired) electrons. The lowest BCUT2D eigenvalue weighted by Crippen LogP contribution is -2.15. The van der Waals surface area contributed by atoms with Gasteiger partial charge in [0.2, 0.25) is 0 Å². The molecule has 1 saturated carbocycles. The Labute approximate surface area is 100 Å². The first-order valence-electron chi connectivity index (χ1n) is 6.00. The van der Waals surface area contributed by atoms with Gasteiger partial charge in [0, 0.05) is 17.7 Å². The summed E-state index contributed by atoms with van der Waals surface area (Å²) in [7, 11) is 0. The fourth-order valence-electron chi connectivity index (χ4n) is 2.23. The van der Waals surface area contributed by atoms with Crippen LogP contribution in [0.3, 0.4) is 0 Å². The molecule has 1 aliphatic carbocycles. The summed E-state index contributed by atoms with van der Waals surface area (Å²) in [5.41, 5.74) is 0.912. The van der Waals surface area contributed by atoms with E-state index < -0.39 is 11.9 Å². The highest BCUT2D eigenvalue weighted by Gasteiger charge is 2.20. The third-order valence-electron chi connectivity index (χ3n) is 3.19. The summed E-state index contributed by atoms with van der Waals surface area (Å²) in [6.45, 7) is 0.223. The van der Waals surface area contributed by atoms with Gasteiger partial charge in [-0.05, 0) is 18.8 Å². The zero-order valence-corrected chi connectivity index (χ0v) is 9.69. The molecule has 2 rings (SSSR count). The largest absolute Gasteiger partial charge is 0.458 e. The van der Waals surface area contributed by atoms with Crippen LogP contribution in [0.4, 0.5) is 0 Å². The number of carbonyl (C=O) groups excluding carboxylic acids is 2. The Bertz CT molecular complexity index is 362. The number of esters is 2. The van der Waals surface area contributed by atoms with Gasteiger partial charge in [-0.25, -0.2) is 9.59 Å². The van der Waals surface area contributed by atoms with Crippen molar-refractivity contribution >= 4 is 11.9 Å². The van der Waals surface area contributed by atoms with Gasteiger partial charge >= 0.3 is 11.9 Å². The average molecular weight is 236 g/mol. The van der Waals surface area contributed by atoms with Gasteiger partial charge in [-0.15, -0.1) is 0 Å². The van der Waals surface area contributed by atoms with Crippen LogP contribution in [-0.4, -0.2) is 18.5 Å². The van der Waals surface area contributed by atoms with Crippen molar-refractivity contribution in [1.29, 1.82) is 0 Å². The van der Waals surface area contributed by atoms with Crippen LogP contribution in [-0.2, 0) is 19.1 Å². The summed E-state index contributed by atoms with van der Waals surface area (Å²) in [4.78, 5) is 22.4. The number of cyclic esters (lactones) is 2. The van der Waals surface area contributed by atoms with Crippen molar-refractivity contribution in [2.45, 2.75) is 32.1 Å². The smallest absolute Gasteiger partial charge is 0.335 e. The minimum atomic E-state index is -0.530.